The minimum Gasteiger partial charge on any atom is -0.471 e. The molecule has 1 aliphatic carbocycles. The molecule has 10 heteroatoms. The fourth-order valence-corrected chi connectivity index (χ4v) is 5.92. The first kappa shape index (κ1) is 29.6. The molecule has 1 saturated carbocycles. The van der Waals surface area contributed by atoms with Gasteiger partial charge < -0.3 is 39.4 Å². The number of carbonyl (C=O) groups is 1. The van der Waals surface area contributed by atoms with Crippen LogP contribution in [0.15, 0.2) is 30.5 Å². The van der Waals surface area contributed by atoms with Crippen molar-refractivity contribution < 1.29 is 33.6 Å². The van der Waals surface area contributed by atoms with Crippen LogP contribution < -0.4 is 24.8 Å². The Bertz CT molecular complexity index is 1220. The van der Waals surface area contributed by atoms with Gasteiger partial charge in [0.1, 0.15) is 5.60 Å². The number of aliphatic hydroxyl groups excluding tert-OH is 1. The molecule has 0 radical (unpaired) electrons. The normalized spacial score (nSPS) is 20.2. The van der Waals surface area contributed by atoms with Gasteiger partial charge in [-0.15, -0.1) is 0 Å². The number of nitrogens with zero attached hydrogens (tertiary/aromatic N) is 1. The summed E-state index contributed by atoms with van der Waals surface area (Å²) in [6, 6.07) is 7.17. The van der Waals surface area contributed by atoms with Crippen LogP contribution in [0.25, 0.3) is 0 Å². The van der Waals surface area contributed by atoms with E-state index in [9.17, 15) is 9.90 Å². The molecule has 3 heterocycles. The van der Waals surface area contributed by atoms with Gasteiger partial charge in [-0.1, -0.05) is 26.8 Å². The molecule has 3 N–H and O–H groups in total. The number of ether oxygens (including phenoxy) is 5. The Balaban J connectivity index is 1.33. The average Bonchev–Trinajstić information content (AvgIpc) is 3.38. The van der Waals surface area contributed by atoms with Crippen molar-refractivity contribution >= 4 is 5.91 Å². The number of hydrogen-bond donors (Lipinski definition) is 3. The summed E-state index contributed by atoms with van der Waals surface area (Å²) >= 11 is 0. The van der Waals surface area contributed by atoms with Crippen molar-refractivity contribution in [2.75, 3.05) is 27.6 Å². The fourth-order valence-electron chi connectivity index (χ4n) is 5.92. The number of carbonyl (C=O) groups excluding carboxylic acids is 1. The average molecular weight is 570 g/mol. The van der Waals surface area contributed by atoms with Crippen LogP contribution in [0.3, 0.4) is 0 Å². The highest BCUT2D eigenvalue weighted by atomic mass is 16.7. The fraction of sp³-hybridized carbons (Fsp3) is 0.613. The predicted octanol–water partition coefficient (Wildman–Crippen LogP) is 3.44. The van der Waals surface area contributed by atoms with Gasteiger partial charge in [0.2, 0.25) is 19.0 Å². The quantitative estimate of drug-likeness (QED) is 0.350. The third-order valence-corrected chi connectivity index (χ3v) is 8.10. The summed E-state index contributed by atoms with van der Waals surface area (Å²) in [5.41, 5.74) is 2.99. The van der Waals surface area contributed by atoms with E-state index in [0.717, 1.165) is 48.8 Å². The van der Waals surface area contributed by atoms with Crippen molar-refractivity contribution in [1.29, 1.82) is 0 Å². The summed E-state index contributed by atoms with van der Waals surface area (Å²) in [4.78, 5) is 17.6. The van der Waals surface area contributed by atoms with Crippen molar-refractivity contribution in [3.8, 4) is 17.4 Å². The number of fused-ring (bicyclic) bond motifs is 2. The molecule has 5 rings (SSSR count). The number of benzene rings is 1. The summed E-state index contributed by atoms with van der Waals surface area (Å²) in [7, 11) is 2.80. The second kappa shape index (κ2) is 12.1. The second-order valence-electron chi connectivity index (χ2n) is 12.7. The van der Waals surface area contributed by atoms with Gasteiger partial charge in [-0.2, -0.15) is 0 Å². The minimum absolute atomic E-state index is 0.0336. The standard InChI is InChI=1S/C31H43N3O7/c1-30(2,3)14-20-11-21-23(15-31(9-6-10-31)41-28(21)33-16-20)32-17-24(35)22(34-27(36)29(37-4)38-5)12-19-7-8-25-26(13-19)40-18-39-25/h7-8,11,13,16,22-24,29,32,35H,6,9-10,12,14-15,17-18H2,1-5H3,(H,34,36)/t22-,23-,24+/m0/s1. The highest BCUT2D eigenvalue weighted by molar-refractivity contribution is 5.79. The monoisotopic (exact) mass is 569 g/mol. The first-order valence-electron chi connectivity index (χ1n) is 14.4. The number of rotatable bonds is 11. The molecular formula is C31H43N3O7. The highest BCUT2D eigenvalue weighted by Crippen LogP contribution is 2.48. The number of aromatic nitrogens is 1. The largest absolute Gasteiger partial charge is 0.471 e. The molecular weight excluding hydrogens is 526 g/mol. The van der Waals surface area contributed by atoms with Gasteiger partial charge in [-0.05, 0) is 66.8 Å². The van der Waals surface area contributed by atoms with E-state index in [2.05, 4.69) is 37.5 Å². The van der Waals surface area contributed by atoms with Crippen molar-refractivity contribution in [2.45, 2.75) is 89.4 Å². The molecule has 0 saturated heterocycles. The van der Waals surface area contributed by atoms with E-state index in [1.807, 2.05) is 24.4 Å². The lowest BCUT2D eigenvalue weighted by Gasteiger charge is -2.47. The van der Waals surface area contributed by atoms with Crippen molar-refractivity contribution in [3.63, 3.8) is 0 Å². The molecule has 224 valence electrons. The molecule has 2 aromatic rings. The van der Waals surface area contributed by atoms with Crippen LogP contribution in [0, 0.1) is 5.41 Å². The predicted molar refractivity (Wildman–Crippen MR) is 152 cm³/mol. The number of nitrogens with one attached hydrogen (secondary N) is 2. The zero-order valence-electron chi connectivity index (χ0n) is 24.7. The lowest BCUT2D eigenvalue weighted by Crippen LogP contribution is -2.53. The Hall–Kier alpha value is -2.92. The topological polar surface area (TPSA) is 120 Å². The molecule has 3 atom stereocenters. The second-order valence-corrected chi connectivity index (χ2v) is 12.7. The zero-order valence-corrected chi connectivity index (χ0v) is 24.7. The maximum absolute atomic E-state index is 12.9. The first-order chi connectivity index (χ1) is 19.6. The third kappa shape index (κ3) is 6.94. The number of aliphatic hydroxyl groups is 1. The molecule has 1 amide bonds. The molecule has 3 aliphatic rings. The maximum atomic E-state index is 12.9. The maximum Gasteiger partial charge on any atom is 0.277 e. The zero-order chi connectivity index (χ0) is 29.2. The van der Waals surface area contributed by atoms with Crippen LogP contribution in [0.2, 0.25) is 0 Å². The molecule has 1 aromatic carbocycles. The van der Waals surface area contributed by atoms with Gasteiger partial charge in [-0.3, -0.25) is 4.79 Å². The molecule has 1 fully saturated rings. The van der Waals surface area contributed by atoms with Crippen molar-refractivity contribution in [1.82, 2.24) is 15.6 Å². The smallest absolute Gasteiger partial charge is 0.277 e. The molecule has 0 unspecified atom stereocenters. The van der Waals surface area contributed by atoms with Crippen LogP contribution in [-0.2, 0) is 27.1 Å². The summed E-state index contributed by atoms with van der Waals surface area (Å²) in [6.45, 7) is 7.07. The van der Waals surface area contributed by atoms with E-state index in [-0.39, 0.29) is 30.4 Å². The molecule has 2 aliphatic heterocycles. The van der Waals surface area contributed by atoms with Gasteiger partial charge in [0.05, 0.1) is 12.1 Å². The van der Waals surface area contributed by atoms with Gasteiger partial charge in [0.25, 0.3) is 5.91 Å². The van der Waals surface area contributed by atoms with E-state index in [0.29, 0.717) is 23.8 Å². The van der Waals surface area contributed by atoms with Gasteiger partial charge in [0, 0.05) is 45.0 Å². The summed E-state index contributed by atoms with van der Waals surface area (Å²) < 4.78 is 27.7. The Morgan fingerprint density at radius 3 is 2.59 bits per heavy atom. The molecule has 1 aromatic heterocycles. The summed E-state index contributed by atoms with van der Waals surface area (Å²) in [5, 5.41) is 18.0. The van der Waals surface area contributed by atoms with Gasteiger partial charge in [0.15, 0.2) is 11.5 Å². The number of amides is 1. The van der Waals surface area contributed by atoms with E-state index < -0.39 is 24.3 Å². The summed E-state index contributed by atoms with van der Waals surface area (Å²) in [5.74, 6) is 1.54. The first-order valence-corrected chi connectivity index (χ1v) is 14.4. The van der Waals surface area contributed by atoms with Gasteiger partial charge >= 0.3 is 0 Å². The SMILES string of the molecule is COC(OC)C(=O)N[C@@H](Cc1ccc2c(c1)OCO2)[C@H](O)CN[C@H]1CC2(CCC2)Oc2ncc(CC(C)(C)C)cc21. The van der Waals surface area contributed by atoms with E-state index in [1.165, 1.54) is 14.2 Å². The van der Waals surface area contributed by atoms with Gasteiger partial charge in [-0.25, -0.2) is 4.98 Å². The van der Waals surface area contributed by atoms with E-state index in [1.54, 1.807) is 0 Å². The van der Waals surface area contributed by atoms with Crippen LogP contribution in [0.4, 0.5) is 0 Å². The molecule has 1 spiro atoms. The number of hydrogen-bond acceptors (Lipinski definition) is 9. The number of methoxy groups -OCH3 is 2. The molecule has 0 bridgehead atoms. The Kier molecular flexibility index (Phi) is 8.75. The lowest BCUT2D eigenvalue weighted by atomic mass is 9.73. The highest BCUT2D eigenvalue weighted by Gasteiger charge is 2.46. The Labute approximate surface area is 242 Å². The Morgan fingerprint density at radius 2 is 1.90 bits per heavy atom. The van der Waals surface area contributed by atoms with Crippen LogP contribution in [0.5, 0.6) is 17.4 Å². The third-order valence-electron chi connectivity index (χ3n) is 8.10. The Morgan fingerprint density at radius 1 is 1.15 bits per heavy atom. The van der Waals surface area contributed by atoms with Crippen LogP contribution in [-0.4, -0.2) is 67.6 Å². The van der Waals surface area contributed by atoms with E-state index in [4.69, 9.17) is 28.7 Å². The van der Waals surface area contributed by atoms with Crippen molar-refractivity contribution in [3.05, 3.63) is 47.2 Å². The van der Waals surface area contributed by atoms with E-state index >= 15 is 0 Å². The minimum atomic E-state index is -1.08. The lowest BCUT2D eigenvalue weighted by molar-refractivity contribution is -0.160. The van der Waals surface area contributed by atoms with Crippen LogP contribution >= 0.6 is 0 Å². The summed E-state index contributed by atoms with van der Waals surface area (Å²) in [6.07, 6.45) is 5.14. The molecule has 10 nitrogen and oxygen atoms in total. The van der Waals surface area contributed by atoms with Crippen molar-refractivity contribution in [2.24, 2.45) is 5.41 Å². The number of pyridine rings is 1. The van der Waals surface area contributed by atoms with Crippen LogP contribution in [0.1, 0.15) is 69.2 Å². The molecule has 41 heavy (non-hydrogen) atoms.